The Hall–Kier alpha value is -2.74. The highest BCUT2D eigenvalue weighted by molar-refractivity contribution is 7.09. The second-order valence-corrected chi connectivity index (χ2v) is 10.1. The fourth-order valence-electron chi connectivity index (χ4n) is 4.32. The third-order valence-corrected chi connectivity index (χ3v) is 7.07. The molecule has 1 saturated carbocycles. The zero-order chi connectivity index (χ0) is 23.2. The van der Waals surface area contributed by atoms with E-state index in [2.05, 4.69) is 5.32 Å². The van der Waals surface area contributed by atoms with Gasteiger partial charge in [-0.15, -0.1) is 11.3 Å². The molecule has 1 N–H and O–H groups in total. The molecule has 1 aliphatic heterocycles. The fraction of sp³-hybridized carbons (Fsp3) is 0.520. The highest BCUT2D eigenvalue weighted by Crippen LogP contribution is 2.33. The quantitative estimate of drug-likeness (QED) is 0.603. The van der Waals surface area contributed by atoms with E-state index in [0.717, 1.165) is 41.9 Å². The molecule has 7 nitrogen and oxygen atoms in total. The van der Waals surface area contributed by atoms with Gasteiger partial charge in [-0.05, 0) is 55.8 Å². The lowest BCUT2D eigenvalue weighted by molar-refractivity contribution is -0.133. The van der Waals surface area contributed by atoms with Crippen LogP contribution in [0.2, 0.25) is 0 Å². The van der Waals surface area contributed by atoms with E-state index in [4.69, 9.17) is 9.47 Å². The van der Waals surface area contributed by atoms with Crippen LogP contribution in [0.3, 0.4) is 0 Å². The Kier molecular flexibility index (Phi) is 7.75. The minimum Gasteiger partial charge on any atom is -0.454 e. The minimum absolute atomic E-state index is 0.0478. The molecule has 33 heavy (non-hydrogen) atoms. The number of hydrogen-bond donors (Lipinski definition) is 1. The predicted molar refractivity (Wildman–Crippen MR) is 128 cm³/mol. The molecule has 0 unspecified atom stereocenters. The highest BCUT2D eigenvalue weighted by atomic mass is 32.1. The zero-order valence-corrected chi connectivity index (χ0v) is 20.2. The van der Waals surface area contributed by atoms with Crippen molar-refractivity contribution in [3.05, 3.63) is 46.2 Å². The Balaban J connectivity index is 1.46. The standard InChI is InChI=1S/C25H33N3O4S/c1-18(2)28(25(30)26-20-7-4-3-5-8-20)16-24(29)27(15-21-9-6-12-33-21)14-19-10-11-22-23(13-19)32-17-31-22/h6,9-13,18,20H,3-5,7-8,14-17H2,1-2H3,(H,26,30). The molecule has 178 valence electrons. The predicted octanol–water partition coefficient (Wildman–Crippen LogP) is 4.76. The molecule has 2 aromatic rings. The van der Waals surface area contributed by atoms with Crippen LogP contribution in [0.5, 0.6) is 11.5 Å². The van der Waals surface area contributed by atoms with Crippen molar-refractivity contribution in [1.82, 2.24) is 15.1 Å². The van der Waals surface area contributed by atoms with Gasteiger partial charge in [-0.2, -0.15) is 0 Å². The number of ether oxygens (including phenoxy) is 2. The molecule has 8 heteroatoms. The van der Waals surface area contributed by atoms with Gasteiger partial charge in [0, 0.05) is 23.5 Å². The van der Waals surface area contributed by atoms with E-state index in [1.807, 2.05) is 54.5 Å². The van der Waals surface area contributed by atoms with Crippen LogP contribution in [0.15, 0.2) is 35.7 Å². The smallest absolute Gasteiger partial charge is 0.318 e. The first-order valence-electron chi connectivity index (χ1n) is 11.8. The third kappa shape index (κ3) is 6.19. The summed E-state index contributed by atoms with van der Waals surface area (Å²) in [5.74, 6) is 1.35. The van der Waals surface area contributed by atoms with Gasteiger partial charge in [-0.25, -0.2) is 4.79 Å². The number of nitrogens with one attached hydrogen (secondary N) is 1. The first-order valence-corrected chi connectivity index (χ1v) is 12.6. The van der Waals surface area contributed by atoms with Crippen molar-refractivity contribution in [2.75, 3.05) is 13.3 Å². The van der Waals surface area contributed by atoms with E-state index in [9.17, 15) is 9.59 Å². The summed E-state index contributed by atoms with van der Waals surface area (Å²) in [4.78, 5) is 31.1. The normalized spacial score (nSPS) is 15.5. The van der Waals surface area contributed by atoms with Crippen molar-refractivity contribution < 1.29 is 19.1 Å². The molecule has 0 atom stereocenters. The van der Waals surface area contributed by atoms with Crippen LogP contribution in [-0.2, 0) is 17.9 Å². The molecule has 2 aliphatic rings. The zero-order valence-electron chi connectivity index (χ0n) is 19.4. The summed E-state index contributed by atoms with van der Waals surface area (Å²) in [5.41, 5.74) is 0.965. The van der Waals surface area contributed by atoms with Gasteiger partial charge in [0.15, 0.2) is 11.5 Å². The van der Waals surface area contributed by atoms with E-state index in [1.54, 1.807) is 16.2 Å². The first kappa shape index (κ1) is 23.4. The number of benzene rings is 1. The Bertz CT molecular complexity index is 941. The SMILES string of the molecule is CC(C)N(CC(=O)N(Cc1ccc2c(c1)OCO2)Cc1cccs1)C(=O)NC1CCCCC1. The lowest BCUT2D eigenvalue weighted by Crippen LogP contribution is -2.51. The Labute approximate surface area is 199 Å². The van der Waals surface area contributed by atoms with Gasteiger partial charge in [-0.1, -0.05) is 31.4 Å². The maximum atomic E-state index is 13.5. The summed E-state index contributed by atoms with van der Waals surface area (Å²) >= 11 is 1.62. The van der Waals surface area contributed by atoms with Crippen LogP contribution in [0.4, 0.5) is 4.79 Å². The number of hydrogen-bond acceptors (Lipinski definition) is 5. The van der Waals surface area contributed by atoms with Crippen molar-refractivity contribution in [1.29, 1.82) is 0 Å². The second-order valence-electron chi connectivity index (χ2n) is 9.02. The van der Waals surface area contributed by atoms with Gasteiger partial charge < -0.3 is 24.6 Å². The average molecular weight is 472 g/mol. The van der Waals surface area contributed by atoms with Gasteiger partial charge >= 0.3 is 6.03 Å². The summed E-state index contributed by atoms with van der Waals surface area (Å²) in [5, 5.41) is 5.17. The number of nitrogens with zero attached hydrogens (tertiary/aromatic N) is 2. The highest BCUT2D eigenvalue weighted by Gasteiger charge is 2.26. The second kappa shape index (κ2) is 10.9. The summed E-state index contributed by atoms with van der Waals surface area (Å²) in [6.45, 7) is 5.11. The van der Waals surface area contributed by atoms with Crippen molar-refractivity contribution in [2.45, 2.75) is 71.1 Å². The van der Waals surface area contributed by atoms with Crippen molar-refractivity contribution in [3.63, 3.8) is 0 Å². The summed E-state index contributed by atoms with van der Waals surface area (Å²) in [6, 6.07) is 9.76. The lowest BCUT2D eigenvalue weighted by Gasteiger charge is -2.32. The van der Waals surface area contributed by atoms with Crippen LogP contribution in [0.1, 0.15) is 56.4 Å². The number of carbonyl (C=O) groups is 2. The van der Waals surface area contributed by atoms with Crippen molar-refractivity contribution in [3.8, 4) is 11.5 Å². The van der Waals surface area contributed by atoms with E-state index >= 15 is 0 Å². The maximum Gasteiger partial charge on any atom is 0.318 e. The molecule has 3 amide bonds. The van der Waals surface area contributed by atoms with E-state index < -0.39 is 0 Å². The largest absolute Gasteiger partial charge is 0.454 e. The van der Waals surface area contributed by atoms with Crippen LogP contribution in [0.25, 0.3) is 0 Å². The molecule has 2 heterocycles. The van der Waals surface area contributed by atoms with Gasteiger partial charge in [0.25, 0.3) is 0 Å². The Morgan fingerprint density at radius 1 is 1.09 bits per heavy atom. The first-order chi connectivity index (χ1) is 16.0. The van der Waals surface area contributed by atoms with Crippen molar-refractivity contribution in [2.24, 2.45) is 0 Å². The molecule has 4 rings (SSSR count). The van der Waals surface area contributed by atoms with Crippen LogP contribution in [-0.4, -0.2) is 47.2 Å². The molecule has 0 radical (unpaired) electrons. The molecular weight excluding hydrogens is 438 g/mol. The van der Waals surface area contributed by atoms with E-state index in [-0.39, 0.29) is 37.4 Å². The number of thiophene rings is 1. The number of urea groups is 1. The van der Waals surface area contributed by atoms with Crippen LogP contribution < -0.4 is 14.8 Å². The van der Waals surface area contributed by atoms with E-state index in [1.165, 1.54) is 6.42 Å². The van der Waals surface area contributed by atoms with E-state index in [0.29, 0.717) is 18.8 Å². The molecular formula is C25H33N3O4S. The topological polar surface area (TPSA) is 71.1 Å². The monoisotopic (exact) mass is 471 g/mol. The van der Waals surface area contributed by atoms with Crippen LogP contribution in [0, 0.1) is 0 Å². The van der Waals surface area contributed by atoms with Crippen molar-refractivity contribution >= 4 is 23.3 Å². The minimum atomic E-state index is -0.149. The summed E-state index contributed by atoms with van der Waals surface area (Å²) in [6.07, 6.45) is 5.56. The summed E-state index contributed by atoms with van der Waals surface area (Å²) < 4.78 is 10.9. The van der Waals surface area contributed by atoms with Gasteiger partial charge in [-0.3, -0.25) is 4.79 Å². The molecule has 1 fully saturated rings. The Morgan fingerprint density at radius 2 is 1.88 bits per heavy atom. The number of rotatable bonds is 8. The lowest BCUT2D eigenvalue weighted by atomic mass is 9.96. The third-order valence-electron chi connectivity index (χ3n) is 6.21. The molecule has 0 spiro atoms. The van der Waals surface area contributed by atoms with Gasteiger partial charge in [0.05, 0.1) is 6.54 Å². The average Bonchev–Trinajstić information content (AvgIpc) is 3.49. The van der Waals surface area contributed by atoms with Gasteiger partial charge in [0.2, 0.25) is 12.7 Å². The molecule has 1 aromatic carbocycles. The number of carbonyl (C=O) groups excluding carboxylic acids is 2. The maximum absolute atomic E-state index is 13.5. The number of amides is 3. The van der Waals surface area contributed by atoms with Crippen LogP contribution >= 0.6 is 11.3 Å². The molecule has 1 aromatic heterocycles. The molecule has 0 bridgehead atoms. The fourth-order valence-corrected chi connectivity index (χ4v) is 5.04. The molecule has 0 saturated heterocycles. The Morgan fingerprint density at radius 3 is 2.61 bits per heavy atom. The summed E-state index contributed by atoms with van der Waals surface area (Å²) in [7, 11) is 0. The van der Waals surface area contributed by atoms with Gasteiger partial charge in [0.1, 0.15) is 6.54 Å². The number of fused-ring (bicyclic) bond motifs is 1. The molecule has 1 aliphatic carbocycles.